The van der Waals surface area contributed by atoms with Crippen LogP contribution >= 0.6 is 0 Å². The zero-order valence-corrected chi connectivity index (χ0v) is 43.5. The fourth-order valence-electron chi connectivity index (χ4n) is 8.31. The first-order valence-corrected chi connectivity index (χ1v) is 28.5. The molecule has 0 bridgehead atoms. The van der Waals surface area contributed by atoms with E-state index in [1.165, 1.54) is 193 Å². The molecule has 0 saturated carbocycles. The quantitative estimate of drug-likeness (QED) is 0.0199. The third kappa shape index (κ3) is 52.5. The molecule has 6 nitrogen and oxygen atoms in total. The number of hydrogen-bond acceptors (Lipinski definition) is 6. The largest absolute Gasteiger partial charge is 0.462 e. The Balaban J connectivity index is 4.33. The molecule has 0 radical (unpaired) electrons. The van der Waals surface area contributed by atoms with Crippen molar-refractivity contribution in [2.75, 3.05) is 13.2 Å². The summed E-state index contributed by atoms with van der Waals surface area (Å²) in [6.45, 7) is 6.62. The van der Waals surface area contributed by atoms with Crippen LogP contribution in [0.25, 0.3) is 0 Å². The standard InChI is InChI=1S/C59H108O6/c1-4-7-10-13-16-19-22-25-27-28-29-30-32-34-37-40-43-46-49-52-58(61)64-55-56(54-63-57(60)51-48-45-42-39-36-33-24-21-18-15-12-9-6-3)65-59(62)53-50-47-44-41-38-35-31-26-23-20-17-14-11-8-5-2/h16,19,22,25,33,36,56H,4-15,17-18,20-21,23-24,26-32,34-35,37-55H2,1-3H3/b19-16-,25-22-,36-33-. The molecule has 0 rings (SSSR count). The molecular weight excluding hydrogens is 805 g/mol. The molecule has 0 spiro atoms. The SMILES string of the molecule is CCCCC/C=C\C=C/CCCCCCCCCCCCC(=O)OCC(COC(=O)CCCCC/C=C\CCCCCCCC)OC(=O)CCCCCCCCCCCCCCCCC. The van der Waals surface area contributed by atoms with E-state index in [0.29, 0.717) is 19.3 Å². The fourth-order valence-corrected chi connectivity index (χ4v) is 8.31. The van der Waals surface area contributed by atoms with Gasteiger partial charge in [-0.3, -0.25) is 14.4 Å². The maximum atomic E-state index is 12.8. The van der Waals surface area contributed by atoms with Gasteiger partial charge in [-0.2, -0.15) is 0 Å². The van der Waals surface area contributed by atoms with Gasteiger partial charge in [0.05, 0.1) is 0 Å². The van der Waals surface area contributed by atoms with Crippen molar-refractivity contribution in [2.24, 2.45) is 0 Å². The van der Waals surface area contributed by atoms with E-state index in [9.17, 15) is 14.4 Å². The predicted octanol–water partition coefficient (Wildman–Crippen LogP) is 18.9. The van der Waals surface area contributed by atoms with Crippen LogP contribution in [-0.2, 0) is 28.6 Å². The van der Waals surface area contributed by atoms with Crippen molar-refractivity contribution in [2.45, 2.75) is 309 Å². The first-order chi connectivity index (χ1) is 32.0. The molecule has 0 aromatic carbocycles. The molecule has 0 aliphatic carbocycles. The van der Waals surface area contributed by atoms with E-state index in [4.69, 9.17) is 14.2 Å². The second kappa shape index (κ2) is 54.2. The summed E-state index contributed by atoms with van der Waals surface area (Å²) in [7, 11) is 0. The van der Waals surface area contributed by atoms with Crippen LogP contribution in [-0.4, -0.2) is 37.2 Å². The van der Waals surface area contributed by atoms with Crippen molar-refractivity contribution in [3.8, 4) is 0 Å². The fraction of sp³-hybridized carbons (Fsp3) is 0.847. The predicted molar refractivity (Wildman–Crippen MR) is 279 cm³/mol. The van der Waals surface area contributed by atoms with Crippen LogP contribution in [0.5, 0.6) is 0 Å². The minimum Gasteiger partial charge on any atom is -0.462 e. The third-order valence-corrected chi connectivity index (χ3v) is 12.6. The lowest BCUT2D eigenvalue weighted by Crippen LogP contribution is -2.30. The maximum absolute atomic E-state index is 12.8. The van der Waals surface area contributed by atoms with Gasteiger partial charge in [-0.05, 0) is 70.6 Å². The molecule has 65 heavy (non-hydrogen) atoms. The molecule has 0 saturated heterocycles. The Morgan fingerprint density at radius 2 is 0.554 bits per heavy atom. The molecule has 0 aromatic heterocycles. The number of rotatable bonds is 52. The molecule has 0 aliphatic heterocycles. The number of hydrogen-bond donors (Lipinski definition) is 0. The maximum Gasteiger partial charge on any atom is 0.306 e. The van der Waals surface area contributed by atoms with Crippen molar-refractivity contribution < 1.29 is 28.6 Å². The molecule has 1 unspecified atom stereocenters. The summed E-state index contributed by atoms with van der Waals surface area (Å²) in [4.78, 5) is 38.1. The smallest absolute Gasteiger partial charge is 0.306 e. The van der Waals surface area contributed by atoms with Crippen LogP contribution < -0.4 is 0 Å². The number of allylic oxidation sites excluding steroid dienone is 6. The number of ether oxygens (including phenoxy) is 3. The molecule has 6 heteroatoms. The van der Waals surface area contributed by atoms with Gasteiger partial charge in [0.2, 0.25) is 0 Å². The van der Waals surface area contributed by atoms with E-state index >= 15 is 0 Å². The molecule has 0 aliphatic rings. The van der Waals surface area contributed by atoms with Gasteiger partial charge in [0.15, 0.2) is 6.10 Å². The Hall–Kier alpha value is -2.37. The monoisotopic (exact) mass is 913 g/mol. The molecule has 0 aromatic rings. The second-order valence-corrected chi connectivity index (χ2v) is 19.2. The van der Waals surface area contributed by atoms with Gasteiger partial charge in [0, 0.05) is 19.3 Å². The van der Waals surface area contributed by atoms with Crippen molar-refractivity contribution in [3.05, 3.63) is 36.5 Å². The minimum atomic E-state index is -0.776. The summed E-state index contributed by atoms with van der Waals surface area (Å²) in [6, 6.07) is 0. The van der Waals surface area contributed by atoms with Crippen LogP contribution in [0.2, 0.25) is 0 Å². The van der Waals surface area contributed by atoms with Gasteiger partial charge >= 0.3 is 17.9 Å². The summed E-state index contributed by atoms with van der Waals surface area (Å²) < 4.78 is 16.8. The van der Waals surface area contributed by atoms with Gasteiger partial charge in [-0.1, -0.05) is 250 Å². The van der Waals surface area contributed by atoms with Crippen molar-refractivity contribution >= 4 is 17.9 Å². The average molecular weight is 914 g/mol. The highest BCUT2D eigenvalue weighted by atomic mass is 16.6. The van der Waals surface area contributed by atoms with E-state index in [0.717, 1.165) is 70.6 Å². The zero-order valence-electron chi connectivity index (χ0n) is 43.5. The Kier molecular flexibility index (Phi) is 52.3. The lowest BCUT2D eigenvalue weighted by atomic mass is 10.0. The lowest BCUT2D eigenvalue weighted by molar-refractivity contribution is -0.167. The lowest BCUT2D eigenvalue weighted by Gasteiger charge is -2.18. The van der Waals surface area contributed by atoms with Crippen molar-refractivity contribution in [1.29, 1.82) is 0 Å². The van der Waals surface area contributed by atoms with Crippen LogP contribution in [0.3, 0.4) is 0 Å². The van der Waals surface area contributed by atoms with Crippen LogP contribution in [0.4, 0.5) is 0 Å². The summed E-state index contributed by atoms with van der Waals surface area (Å²) in [5.41, 5.74) is 0. The van der Waals surface area contributed by atoms with Crippen molar-refractivity contribution in [1.82, 2.24) is 0 Å². The number of esters is 3. The zero-order chi connectivity index (χ0) is 47.2. The highest BCUT2D eigenvalue weighted by Crippen LogP contribution is 2.16. The molecule has 380 valence electrons. The summed E-state index contributed by atoms with van der Waals surface area (Å²) in [5.74, 6) is -0.878. The number of unbranched alkanes of at least 4 members (excludes halogenated alkanes) is 36. The molecule has 0 fully saturated rings. The average Bonchev–Trinajstić information content (AvgIpc) is 3.30. The summed E-state index contributed by atoms with van der Waals surface area (Å²) in [5, 5.41) is 0. The van der Waals surface area contributed by atoms with Crippen LogP contribution in [0.15, 0.2) is 36.5 Å². The third-order valence-electron chi connectivity index (χ3n) is 12.6. The number of carbonyl (C=O) groups excluding carboxylic acids is 3. The molecule has 0 amide bonds. The van der Waals surface area contributed by atoms with Crippen LogP contribution in [0.1, 0.15) is 303 Å². The van der Waals surface area contributed by atoms with Crippen molar-refractivity contribution in [3.63, 3.8) is 0 Å². The van der Waals surface area contributed by atoms with Gasteiger partial charge in [-0.15, -0.1) is 0 Å². The highest BCUT2D eigenvalue weighted by molar-refractivity contribution is 5.71. The topological polar surface area (TPSA) is 78.9 Å². The normalized spacial score (nSPS) is 12.2. The number of carbonyl (C=O) groups is 3. The van der Waals surface area contributed by atoms with E-state index in [2.05, 4.69) is 57.2 Å². The van der Waals surface area contributed by atoms with Gasteiger partial charge in [0.1, 0.15) is 13.2 Å². The minimum absolute atomic E-state index is 0.0752. The Morgan fingerprint density at radius 1 is 0.308 bits per heavy atom. The molecule has 0 heterocycles. The summed E-state index contributed by atoms with van der Waals surface area (Å²) >= 11 is 0. The Labute approximate surface area is 404 Å². The Morgan fingerprint density at radius 3 is 0.908 bits per heavy atom. The van der Waals surface area contributed by atoms with E-state index in [-0.39, 0.29) is 31.1 Å². The van der Waals surface area contributed by atoms with E-state index < -0.39 is 6.10 Å². The Bertz CT molecular complexity index is 1090. The van der Waals surface area contributed by atoms with Crippen LogP contribution in [0, 0.1) is 0 Å². The molecular formula is C59H108O6. The van der Waals surface area contributed by atoms with Gasteiger partial charge < -0.3 is 14.2 Å². The van der Waals surface area contributed by atoms with E-state index in [1.54, 1.807) is 0 Å². The first kappa shape index (κ1) is 62.6. The van der Waals surface area contributed by atoms with Gasteiger partial charge in [0.25, 0.3) is 0 Å². The second-order valence-electron chi connectivity index (χ2n) is 19.2. The molecule has 1 atom stereocenters. The van der Waals surface area contributed by atoms with Gasteiger partial charge in [-0.25, -0.2) is 0 Å². The highest BCUT2D eigenvalue weighted by Gasteiger charge is 2.19. The summed E-state index contributed by atoms with van der Waals surface area (Å²) in [6.07, 6.45) is 64.1. The molecule has 0 N–H and O–H groups in total. The van der Waals surface area contributed by atoms with E-state index in [1.807, 2.05) is 0 Å². The first-order valence-electron chi connectivity index (χ1n) is 28.5.